The van der Waals surface area contributed by atoms with Crippen LogP contribution in [0.15, 0.2) is 60.0 Å². The van der Waals surface area contributed by atoms with E-state index in [9.17, 15) is 4.79 Å². The van der Waals surface area contributed by atoms with Crippen LogP contribution >= 0.6 is 11.3 Å². The van der Waals surface area contributed by atoms with Crippen LogP contribution < -0.4 is 4.74 Å². The van der Waals surface area contributed by atoms with Gasteiger partial charge in [-0.05, 0) is 36.6 Å². The van der Waals surface area contributed by atoms with Crippen molar-refractivity contribution in [2.24, 2.45) is 0 Å². The van der Waals surface area contributed by atoms with Gasteiger partial charge in [0.2, 0.25) is 5.91 Å². The smallest absolute Gasteiger partial charge is 0.227 e. The van der Waals surface area contributed by atoms with E-state index in [1.807, 2.05) is 71.8 Å². The zero-order valence-corrected chi connectivity index (χ0v) is 17.2. The molecule has 3 rings (SSSR count). The number of nitrogens with zero attached hydrogens (tertiary/aromatic N) is 2. The average Bonchev–Trinajstić information content (AvgIpc) is 3.14. The molecule has 0 radical (unpaired) electrons. The van der Waals surface area contributed by atoms with Crippen molar-refractivity contribution in [1.29, 1.82) is 0 Å². The number of aryl methyl sites for hydroxylation is 1. The van der Waals surface area contributed by atoms with E-state index in [0.29, 0.717) is 19.6 Å². The van der Waals surface area contributed by atoms with E-state index in [4.69, 9.17) is 4.74 Å². The van der Waals surface area contributed by atoms with Gasteiger partial charge in [0.05, 0.1) is 18.7 Å². The molecule has 0 saturated carbocycles. The Morgan fingerprint density at radius 1 is 1.14 bits per heavy atom. The second-order valence-electron chi connectivity index (χ2n) is 6.82. The maximum absolute atomic E-state index is 12.7. The van der Waals surface area contributed by atoms with Gasteiger partial charge in [0.15, 0.2) is 0 Å². The van der Waals surface area contributed by atoms with Gasteiger partial charge in [0.1, 0.15) is 17.4 Å². The van der Waals surface area contributed by atoms with E-state index in [1.165, 1.54) is 5.56 Å². The van der Waals surface area contributed by atoms with Gasteiger partial charge >= 0.3 is 0 Å². The highest BCUT2D eigenvalue weighted by molar-refractivity contribution is 7.09. The zero-order chi connectivity index (χ0) is 19.8. The number of hydrogen-bond donors (Lipinski definition) is 0. The average molecular weight is 395 g/mol. The Morgan fingerprint density at radius 3 is 2.71 bits per heavy atom. The van der Waals surface area contributed by atoms with Crippen LogP contribution in [0.1, 0.15) is 35.2 Å². The van der Waals surface area contributed by atoms with Crippen molar-refractivity contribution >= 4 is 17.2 Å². The minimum absolute atomic E-state index is 0.138. The Kier molecular flexibility index (Phi) is 7.20. The first-order valence-corrected chi connectivity index (χ1v) is 10.5. The molecule has 1 aromatic heterocycles. The SMILES string of the molecule is CCCN(Cc1csc(COc2cccc(C)c2)n1)C(=O)Cc1ccccc1. The number of carbonyl (C=O) groups is 1. The van der Waals surface area contributed by atoms with Crippen molar-refractivity contribution in [2.75, 3.05) is 6.54 Å². The van der Waals surface area contributed by atoms with E-state index in [-0.39, 0.29) is 5.91 Å². The first kappa shape index (κ1) is 20.1. The number of amides is 1. The second-order valence-corrected chi connectivity index (χ2v) is 7.76. The molecule has 1 heterocycles. The van der Waals surface area contributed by atoms with Crippen LogP contribution in [0.25, 0.3) is 0 Å². The standard InChI is InChI=1S/C23H26N2O2S/c1-3-12-25(23(26)14-19-9-5-4-6-10-19)15-20-17-28-22(24-20)16-27-21-11-7-8-18(2)13-21/h4-11,13,17H,3,12,14-16H2,1-2H3. The van der Waals surface area contributed by atoms with Crippen molar-refractivity contribution < 1.29 is 9.53 Å². The number of aromatic nitrogens is 1. The Bertz CT molecular complexity index is 892. The van der Waals surface area contributed by atoms with E-state index in [0.717, 1.165) is 35.0 Å². The normalized spacial score (nSPS) is 10.6. The molecule has 0 aliphatic carbocycles. The molecular weight excluding hydrogens is 368 g/mol. The van der Waals surface area contributed by atoms with Crippen molar-refractivity contribution in [3.05, 3.63) is 81.8 Å². The quantitative estimate of drug-likeness (QED) is 0.512. The van der Waals surface area contributed by atoms with Crippen molar-refractivity contribution in [3.8, 4) is 5.75 Å². The van der Waals surface area contributed by atoms with E-state index in [1.54, 1.807) is 11.3 Å². The Labute approximate surface area is 170 Å². The van der Waals surface area contributed by atoms with Gasteiger partial charge in [-0.2, -0.15) is 0 Å². The molecule has 0 bridgehead atoms. The predicted molar refractivity (Wildman–Crippen MR) is 113 cm³/mol. The summed E-state index contributed by atoms with van der Waals surface area (Å²) in [4.78, 5) is 19.3. The second kappa shape index (κ2) is 10.0. The fraction of sp³-hybridized carbons (Fsp3) is 0.304. The molecule has 28 heavy (non-hydrogen) atoms. The van der Waals surface area contributed by atoms with Crippen LogP contribution in [0.2, 0.25) is 0 Å². The molecule has 1 amide bonds. The summed E-state index contributed by atoms with van der Waals surface area (Å²) in [6, 6.07) is 17.9. The fourth-order valence-electron chi connectivity index (χ4n) is 2.98. The molecule has 2 aromatic carbocycles. The minimum Gasteiger partial charge on any atom is -0.486 e. The lowest BCUT2D eigenvalue weighted by molar-refractivity contribution is -0.131. The molecule has 0 N–H and O–H groups in total. The van der Waals surface area contributed by atoms with Crippen LogP contribution in [0.3, 0.4) is 0 Å². The van der Waals surface area contributed by atoms with Crippen LogP contribution in [0.4, 0.5) is 0 Å². The predicted octanol–water partition coefficient (Wildman–Crippen LogP) is 5.01. The highest BCUT2D eigenvalue weighted by Gasteiger charge is 2.15. The molecule has 0 aliphatic heterocycles. The Hall–Kier alpha value is -2.66. The van der Waals surface area contributed by atoms with Crippen LogP contribution in [0, 0.1) is 6.92 Å². The summed E-state index contributed by atoms with van der Waals surface area (Å²) in [7, 11) is 0. The van der Waals surface area contributed by atoms with Gasteiger partial charge < -0.3 is 9.64 Å². The molecule has 3 aromatic rings. The van der Waals surface area contributed by atoms with Gasteiger partial charge in [-0.25, -0.2) is 4.98 Å². The summed E-state index contributed by atoms with van der Waals surface area (Å²) < 4.78 is 5.83. The summed E-state index contributed by atoms with van der Waals surface area (Å²) in [6.45, 7) is 5.85. The Morgan fingerprint density at radius 2 is 1.96 bits per heavy atom. The maximum Gasteiger partial charge on any atom is 0.227 e. The van der Waals surface area contributed by atoms with E-state index in [2.05, 4.69) is 11.9 Å². The minimum atomic E-state index is 0.138. The van der Waals surface area contributed by atoms with Gasteiger partial charge in [0, 0.05) is 11.9 Å². The van der Waals surface area contributed by atoms with Crippen molar-refractivity contribution in [1.82, 2.24) is 9.88 Å². The lowest BCUT2D eigenvalue weighted by Gasteiger charge is -2.21. The highest BCUT2D eigenvalue weighted by Crippen LogP contribution is 2.18. The number of rotatable bonds is 9. The molecule has 146 valence electrons. The number of carbonyl (C=O) groups excluding carboxylic acids is 1. The maximum atomic E-state index is 12.7. The highest BCUT2D eigenvalue weighted by atomic mass is 32.1. The molecule has 0 saturated heterocycles. The number of thiazole rings is 1. The summed E-state index contributed by atoms with van der Waals surface area (Å²) in [5.74, 6) is 0.987. The monoisotopic (exact) mass is 394 g/mol. The topological polar surface area (TPSA) is 42.4 Å². The molecular formula is C23H26N2O2S. The largest absolute Gasteiger partial charge is 0.486 e. The van der Waals surface area contributed by atoms with Crippen LogP contribution in [-0.2, 0) is 24.4 Å². The molecule has 0 unspecified atom stereocenters. The van der Waals surface area contributed by atoms with Crippen LogP contribution in [-0.4, -0.2) is 22.3 Å². The van der Waals surface area contributed by atoms with Crippen molar-refractivity contribution in [3.63, 3.8) is 0 Å². The molecule has 4 nitrogen and oxygen atoms in total. The summed E-state index contributed by atoms with van der Waals surface area (Å²) >= 11 is 1.57. The fourth-order valence-corrected chi connectivity index (χ4v) is 3.67. The zero-order valence-electron chi connectivity index (χ0n) is 16.4. The van der Waals surface area contributed by atoms with Crippen LogP contribution in [0.5, 0.6) is 5.75 Å². The van der Waals surface area contributed by atoms with Gasteiger partial charge in [0.25, 0.3) is 0 Å². The summed E-state index contributed by atoms with van der Waals surface area (Å²) in [5.41, 5.74) is 3.13. The van der Waals surface area contributed by atoms with E-state index < -0.39 is 0 Å². The first-order valence-electron chi connectivity index (χ1n) is 9.58. The molecule has 5 heteroatoms. The third kappa shape index (κ3) is 5.92. The van der Waals surface area contributed by atoms with Crippen molar-refractivity contribution in [2.45, 2.75) is 39.8 Å². The van der Waals surface area contributed by atoms with Gasteiger partial charge in [-0.15, -0.1) is 11.3 Å². The Balaban J connectivity index is 1.58. The third-order valence-electron chi connectivity index (χ3n) is 4.35. The molecule has 0 fully saturated rings. The number of benzene rings is 2. The summed E-state index contributed by atoms with van der Waals surface area (Å²) in [5, 5.41) is 2.94. The lowest BCUT2D eigenvalue weighted by Crippen LogP contribution is -2.32. The lowest BCUT2D eigenvalue weighted by atomic mass is 10.1. The molecule has 0 spiro atoms. The van der Waals surface area contributed by atoms with Gasteiger partial charge in [-0.3, -0.25) is 4.79 Å². The number of ether oxygens (including phenoxy) is 1. The molecule has 0 aliphatic rings. The first-order chi connectivity index (χ1) is 13.6. The van der Waals surface area contributed by atoms with E-state index >= 15 is 0 Å². The summed E-state index contributed by atoms with van der Waals surface area (Å²) in [6.07, 6.45) is 1.35. The third-order valence-corrected chi connectivity index (χ3v) is 5.22. The molecule has 0 atom stereocenters. The van der Waals surface area contributed by atoms with Gasteiger partial charge in [-0.1, -0.05) is 49.4 Å². The number of hydrogen-bond acceptors (Lipinski definition) is 4.